The molecule has 0 radical (unpaired) electrons. The Labute approximate surface area is 163 Å². The number of hydrogen-bond acceptors (Lipinski definition) is 4. The molecule has 142 valence electrons. The normalized spacial score (nSPS) is 10.4. The second-order valence-electron chi connectivity index (χ2n) is 6.04. The van der Waals surface area contributed by atoms with Crippen LogP contribution in [0.4, 0.5) is 0 Å². The number of pyridine rings is 1. The quantitative estimate of drug-likeness (QED) is 0.371. The van der Waals surface area contributed by atoms with Crippen molar-refractivity contribution in [2.45, 2.75) is 37.1 Å². The van der Waals surface area contributed by atoms with Gasteiger partial charge in [0, 0.05) is 29.9 Å². The zero-order chi connectivity index (χ0) is 19.5. The maximum Gasteiger partial charge on any atom is 0.252 e. The molecule has 1 aromatic carbocycles. The molecule has 27 heavy (non-hydrogen) atoms. The molecule has 2 amide bonds. The molecule has 0 spiro atoms. The number of aromatic nitrogens is 1. The zero-order valence-corrected chi connectivity index (χ0v) is 15.9. The van der Waals surface area contributed by atoms with E-state index in [1.165, 1.54) is 0 Å². The zero-order valence-electron chi connectivity index (χ0n) is 15.1. The Bertz CT molecular complexity index is 781. The molecule has 0 saturated heterocycles. The maximum absolute atomic E-state index is 12.2. The van der Waals surface area contributed by atoms with E-state index in [9.17, 15) is 14.4 Å². The van der Waals surface area contributed by atoms with Crippen molar-refractivity contribution in [3.05, 3.63) is 60.4 Å². The van der Waals surface area contributed by atoms with Crippen molar-refractivity contribution in [1.29, 1.82) is 0 Å². The van der Waals surface area contributed by atoms with E-state index in [1.807, 2.05) is 30.6 Å². The Morgan fingerprint density at radius 1 is 0.963 bits per heavy atom. The summed E-state index contributed by atoms with van der Waals surface area (Å²) >= 11 is 1.07. The summed E-state index contributed by atoms with van der Waals surface area (Å²) in [5.74, 6) is -1.03. The first-order chi connectivity index (χ1) is 13.1. The average Bonchev–Trinajstić information content (AvgIpc) is 2.67. The van der Waals surface area contributed by atoms with Crippen molar-refractivity contribution < 1.29 is 19.0 Å². The van der Waals surface area contributed by atoms with Gasteiger partial charge in [0.05, 0.1) is 12.1 Å². The van der Waals surface area contributed by atoms with E-state index < -0.39 is 11.8 Å². The Morgan fingerprint density at radius 2 is 1.70 bits per heavy atom. The van der Waals surface area contributed by atoms with Crippen LogP contribution in [0, 0.1) is 0 Å². The van der Waals surface area contributed by atoms with Crippen LogP contribution in [0.2, 0.25) is 0 Å². The highest BCUT2D eigenvalue weighted by molar-refractivity contribution is 8.13. The van der Waals surface area contributed by atoms with E-state index in [0.29, 0.717) is 16.9 Å². The monoisotopic (exact) mass is 386 g/mol. The summed E-state index contributed by atoms with van der Waals surface area (Å²) in [6, 6.07) is 12.8. The van der Waals surface area contributed by atoms with Gasteiger partial charge in [-0.3, -0.25) is 14.4 Å². The summed E-state index contributed by atoms with van der Waals surface area (Å²) in [6.07, 6.45) is 7.31. The number of rotatable bonds is 10. The first-order valence-corrected chi connectivity index (χ1v) is 9.68. The van der Waals surface area contributed by atoms with Crippen molar-refractivity contribution in [1.82, 2.24) is 5.32 Å². The van der Waals surface area contributed by atoms with E-state index in [4.69, 9.17) is 5.73 Å². The molecule has 0 saturated carbocycles. The predicted octanol–water partition coefficient (Wildman–Crippen LogP) is 2.07. The standard InChI is InChI=1S/C20H23N3O3S/c21-18(24)15-22-20(26)16-9-4-5-10-17(16)27-19(25)11-3-1-6-12-23-13-7-2-8-14-23/h2,4-5,7-10,13-14H,1,3,6,11-12,15H2,(H2-,21,22,24,26)/p+1. The third-order valence-corrected chi connectivity index (χ3v) is 4.86. The highest BCUT2D eigenvalue weighted by Gasteiger charge is 2.14. The summed E-state index contributed by atoms with van der Waals surface area (Å²) in [7, 11) is 0. The molecule has 0 atom stereocenters. The SMILES string of the molecule is NC(=O)CNC(=O)c1ccccc1SC(=O)CCCCC[n+]1ccccc1. The molecule has 1 aromatic heterocycles. The summed E-state index contributed by atoms with van der Waals surface area (Å²) in [4.78, 5) is 35.8. The van der Waals surface area contributed by atoms with Crippen LogP contribution >= 0.6 is 11.8 Å². The highest BCUT2D eigenvalue weighted by atomic mass is 32.2. The molecule has 6 nitrogen and oxygen atoms in total. The van der Waals surface area contributed by atoms with Crippen LogP contribution in [0.25, 0.3) is 0 Å². The Balaban J connectivity index is 1.76. The van der Waals surface area contributed by atoms with E-state index in [2.05, 4.69) is 9.88 Å². The fourth-order valence-corrected chi connectivity index (χ4v) is 3.41. The summed E-state index contributed by atoms with van der Waals surface area (Å²) in [5.41, 5.74) is 5.41. The topological polar surface area (TPSA) is 93.1 Å². The lowest BCUT2D eigenvalue weighted by atomic mass is 10.2. The van der Waals surface area contributed by atoms with Crippen LogP contribution in [0.5, 0.6) is 0 Å². The second-order valence-corrected chi connectivity index (χ2v) is 7.14. The lowest BCUT2D eigenvalue weighted by molar-refractivity contribution is -0.697. The number of amides is 2. The number of thioether (sulfide) groups is 1. The number of benzene rings is 1. The molecular weight excluding hydrogens is 362 g/mol. The van der Waals surface area contributed by atoms with Gasteiger partial charge in [-0.15, -0.1) is 0 Å². The smallest absolute Gasteiger partial charge is 0.252 e. The van der Waals surface area contributed by atoms with Crippen LogP contribution in [-0.2, 0) is 16.1 Å². The Morgan fingerprint density at radius 3 is 2.44 bits per heavy atom. The molecule has 0 aliphatic rings. The van der Waals surface area contributed by atoms with Crippen molar-refractivity contribution in [3.8, 4) is 0 Å². The van der Waals surface area contributed by atoms with Gasteiger partial charge in [-0.05, 0) is 25.0 Å². The number of nitrogens with one attached hydrogen (secondary N) is 1. The largest absolute Gasteiger partial charge is 0.368 e. The van der Waals surface area contributed by atoms with Gasteiger partial charge in [-0.25, -0.2) is 4.57 Å². The van der Waals surface area contributed by atoms with Crippen molar-refractivity contribution >= 4 is 28.7 Å². The lowest BCUT2D eigenvalue weighted by Gasteiger charge is -2.08. The van der Waals surface area contributed by atoms with Crippen LogP contribution in [0.15, 0.2) is 59.8 Å². The molecule has 1 heterocycles. The van der Waals surface area contributed by atoms with Gasteiger partial charge in [0.15, 0.2) is 17.5 Å². The third kappa shape index (κ3) is 7.62. The molecule has 0 unspecified atom stereocenters. The van der Waals surface area contributed by atoms with Gasteiger partial charge < -0.3 is 11.1 Å². The number of carbonyl (C=O) groups is 3. The average molecular weight is 386 g/mol. The minimum absolute atomic E-state index is 0.0255. The van der Waals surface area contributed by atoms with E-state index in [1.54, 1.807) is 24.3 Å². The molecule has 2 rings (SSSR count). The van der Waals surface area contributed by atoms with Gasteiger partial charge in [-0.2, -0.15) is 0 Å². The fraction of sp³-hybridized carbons (Fsp3) is 0.300. The lowest BCUT2D eigenvalue weighted by Crippen LogP contribution is -2.33. The number of unbranched alkanes of at least 4 members (excludes halogenated alkanes) is 2. The number of primary amides is 1. The van der Waals surface area contributed by atoms with Crippen LogP contribution in [0.3, 0.4) is 0 Å². The fourth-order valence-electron chi connectivity index (χ4n) is 2.50. The summed E-state index contributed by atoms with van der Waals surface area (Å²) < 4.78 is 2.12. The molecular formula is C20H24N3O3S+. The predicted molar refractivity (Wildman–Crippen MR) is 104 cm³/mol. The van der Waals surface area contributed by atoms with E-state index >= 15 is 0 Å². The van der Waals surface area contributed by atoms with Crippen LogP contribution < -0.4 is 15.6 Å². The minimum Gasteiger partial charge on any atom is -0.368 e. The van der Waals surface area contributed by atoms with Crippen LogP contribution in [0.1, 0.15) is 36.0 Å². The first-order valence-electron chi connectivity index (χ1n) is 8.86. The third-order valence-electron chi connectivity index (χ3n) is 3.85. The molecule has 3 N–H and O–H groups in total. The summed E-state index contributed by atoms with van der Waals surface area (Å²) in [6.45, 7) is 0.705. The Hall–Kier alpha value is -2.67. The van der Waals surface area contributed by atoms with Crippen molar-refractivity contribution in [2.75, 3.05) is 6.54 Å². The van der Waals surface area contributed by atoms with Crippen molar-refractivity contribution in [3.63, 3.8) is 0 Å². The number of nitrogens with zero attached hydrogens (tertiary/aromatic N) is 1. The minimum atomic E-state index is -0.613. The first kappa shape index (κ1) is 20.6. The Kier molecular flexibility index (Phi) is 8.51. The molecule has 0 aliphatic heterocycles. The van der Waals surface area contributed by atoms with Gasteiger partial charge in [-0.1, -0.05) is 30.0 Å². The maximum atomic E-state index is 12.2. The number of nitrogens with two attached hydrogens (primary N) is 1. The van der Waals surface area contributed by atoms with Crippen molar-refractivity contribution in [2.24, 2.45) is 5.73 Å². The summed E-state index contributed by atoms with van der Waals surface area (Å²) in [5, 5.41) is 2.47. The molecule has 7 heteroatoms. The van der Waals surface area contributed by atoms with Gasteiger partial charge in [0.25, 0.3) is 5.91 Å². The van der Waals surface area contributed by atoms with Gasteiger partial charge in [0.2, 0.25) is 5.91 Å². The number of carbonyl (C=O) groups excluding carboxylic acids is 3. The van der Waals surface area contributed by atoms with Gasteiger partial charge >= 0.3 is 0 Å². The molecule has 0 fully saturated rings. The number of aryl methyl sites for hydroxylation is 1. The number of hydrogen-bond donors (Lipinski definition) is 2. The van der Waals surface area contributed by atoms with E-state index in [-0.39, 0.29) is 11.7 Å². The van der Waals surface area contributed by atoms with Crippen LogP contribution in [-0.4, -0.2) is 23.5 Å². The second kappa shape index (κ2) is 11.1. The molecule has 0 aliphatic carbocycles. The molecule has 0 bridgehead atoms. The molecule has 2 aromatic rings. The highest BCUT2D eigenvalue weighted by Crippen LogP contribution is 2.25. The van der Waals surface area contributed by atoms with Gasteiger partial charge in [0.1, 0.15) is 6.54 Å². The van der Waals surface area contributed by atoms with E-state index in [0.717, 1.165) is 37.6 Å².